The molecule has 3 saturated heterocycles. The first-order chi connectivity index (χ1) is 15.5. The molecule has 0 spiro atoms. The van der Waals surface area contributed by atoms with Crippen LogP contribution in [-0.2, 0) is 16.1 Å². The van der Waals surface area contributed by atoms with Crippen molar-refractivity contribution in [1.29, 1.82) is 0 Å². The fourth-order valence-corrected chi connectivity index (χ4v) is 5.82. The van der Waals surface area contributed by atoms with E-state index in [2.05, 4.69) is 20.2 Å². The van der Waals surface area contributed by atoms with Crippen molar-refractivity contribution in [3.63, 3.8) is 0 Å². The van der Waals surface area contributed by atoms with Crippen molar-refractivity contribution in [3.8, 4) is 0 Å². The molecule has 0 unspecified atom stereocenters. The lowest BCUT2D eigenvalue weighted by Gasteiger charge is -2.56. The number of aromatic nitrogens is 2. The van der Waals surface area contributed by atoms with Crippen molar-refractivity contribution < 1.29 is 19.5 Å². The number of likely N-dealkylation sites (tertiary alicyclic amines) is 1. The van der Waals surface area contributed by atoms with E-state index in [9.17, 15) is 9.59 Å². The first-order valence-electron chi connectivity index (χ1n) is 11.9. The number of fused-ring (bicyclic) bond motifs is 4. The number of amides is 2. The molecular weight excluding hydrogens is 410 g/mol. The molecule has 4 rings (SSSR count). The predicted octanol–water partition coefficient (Wildman–Crippen LogP) is 1.84. The van der Waals surface area contributed by atoms with Crippen LogP contribution in [0.4, 0.5) is 0 Å². The van der Waals surface area contributed by atoms with Crippen molar-refractivity contribution in [1.82, 2.24) is 24.9 Å². The molecule has 2 N–H and O–H groups in total. The smallest absolute Gasteiger partial charge is 0.290 e. The van der Waals surface area contributed by atoms with Gasteiger partial charge in [-0.25, -0.2) is 0 Å². The second-order valence-corrected chi connectivity index (χ2v) is 9.03. The highest BCUT2D eigenvalue weighted by atomic mass is 16.3. The van der Waals surface area contributed by atoms with E-state index in [1.54, 1.807) is 10.9 Å². The summed E-state index contributed by atoms with van der Waals surface area (Å²) in [7, 11) is 0. The Morgan fingerprint density at radius 1 is 1.25 bits per heavy atom. The summed E-state index contributed by atoms with van der Waals surface area (Å²) in [6.07, 6.45) is 8.09. The van der Waals surface area contributed by atoms with Gasteiger partial charge in [0, 0.05) is 50.9 Å². The van der Waals surface area contributed by atoms with Crippen LogP contribution in [0.1, 0.15) is 62.9 Å². The van der Waals surface area contributed by atoms with Crippen LogP contribution in [0.15, 0.2) is 12.3 Å². The van der Waals surface area contributed by atoms with Gasteiger partial charge in [-0.15, -0.1) is 0 Å². The van der Waals surface area contributed by atoms with Crippen LogP contribution in [0.5, 0.6) is 0 Å². The van der Waals surface area contributed by atoms with Crippen LogP contribution in [0.25, 0.3) is 0 Å². The van der Waals surface area contributed by atoms with Gasteiger partial charge >= 0.3 is 0 Å². The Kier molecular flexibility index (Phi) is 8.67. The third-order valence-corrected chi connectivity index (χ3v) is 7.13. The van der Waals surface area contributed by atoms with Gasteiger partial charge in [0.1, 0.15) is 5.69 Å². The summed E-state index contributed by atoms with van der Waals surface area (Å²) in [6.45, 7) is 7.98. The third kappa shape index (κ3) is 5.31. The molecule has 9 nitrogen and oxygen atoms in total. The second kappa shape index (κ2) is 11.4. The van der Waals surface area contributed by atoms with Gasteiger partial charge in [-0.1, -0.05) is 13.3 Å². The summed E-state index contributed by atoms with van der Waals surface area (Å²) in [5.74, 6) is 1.22. The standard InChI is InChI=1S/C22H35N5O2.CH2O2/c1-3-7-21(28)23-13-20-17-12-16(18-8-5-6-11-26(18)20)14-25(15-17)22(29)19-9-10-24-27(19)4-2;2-1-3/h9-10,16-18,20H,3-8,11-15H2,1-2H3,(H,23,28);1H,(H,2,3)/t16-,17+,18+,20+;/m1./s1. The maximum Gasteiger partial charge on any atom is 0.290 e. The van der Waals surface area contributed by atoms with Crippen LogP contribution >= 0.6 is 0 Å². The normalized spacial score (nSPS) is 27.0. The molecule has 178 valence electrons. The molecule has 2 amide bonds. The minimum atomic E-state index is -0.250. The lowest BCUT2D eigenvalue weighted by atomic mass is 9.72. The Hall–Kier alpha value is -2.42. The molecule has 9 heteroatoms. The van der Waals surface area contributed by atoms with Crippen LogP contribution in [0, 0.1) is 11.8 Å². The Labute approximate surface area is 190 Å². The molecule has 3 aliphatic heterocycles. The van der Waals surface area contributed by atoms with E-state index in [0.717, 1.165) is 26.1 Å². The highest BCUT2D eigenvalue weighted by molar-refractivity contribution is 5.92. The number of carbonyl (C=O) groups excluding carboxylic acids is 2. The summed E-state index contributed by atoms with van der Waals surface area (Å²) < 4.78 is 1.79. The number of rotatable bonds is 6. The number of aryl methyl sites for hydroxylation is 1. The van der Waals surface area contributed by atoms with E-state index < -0.39 is 0 Å². The molecule has 0 saturated carbocycles. The van der Waals surface area contributed by atoms with Crippen LogP contribution in [0.3, 0.4) is 0 Å². The second-order valence-electron chi connectivity index (χ2n) is 9.03. The number of carbonyl (C=O) groups is 3. The highest BCUT2D eigenvalue weighted by Crippen LogP contribution is 2.41. The van der Waals surface area contributed by atoms with Gasteiger partial charge < -0.3 is 15.3 Å². The molecule has 32 heavy (non-hydrogen) atoms. The largest absolute Gasteiger partial charge is 0.483 e. The average Bonchev–Trinajstić information content (AvgIpc) is 3.28. The van der Waals surface area contributed by atoms with Gasteiger partial charge in [-0.05, 0) is 57.1 Å². The molecule has 0 aromatic carbocycles. The van der Waals surface area contributed by atoms with Crippen LogP contribution in [-0.4, -0.2) is 81.2 Å². The van der Waals surface area contributed by atoms with E-state index >= 15 is 0 Å². The molecule has 1 aromatic heterocycles. The van der Waals surface area contributed by atoms with Gasteiger partial charge in [0.05, 0.1) is 0 Å². The molecule has 4 atom stereocenters. The third-order valence-electron chi connectivity index (χ3n) is 7.13. The van der Waals surface area contributed by atoms with Gasteiger partial charge in [0.25, 0.3) is 12.4 Å². The number of nitrogens with one attached hydrogen (secondary N) is 1. The topological polar surface area (TPSA) is 108 Å². The number of nitrogens with zero attached hydrogens (tertiary/aromatic N) is 4. The number of carboxylic acid groups (broad SMARTS) is 1. The Bertz CT molecular complexity index is 782. The Balaban J connectivity index is 0.000000913. The van der Waals surface area contributed by atoms with Gasteiger partial charge in [0.15, 0.2) is 0 Å². The maximum absolute atomic E-state index is 13.3. The summed E-state index contributed by atoms with van der Waals surface area (Å²) in [6, 6.07) is 2.72. The summed E-state index contributed by atoms with van der Waals surface area (Å²) >= 11 is 0. The van der Waals surface area contributed by atoms with Crippen molar-refractivity contribution >= 4 is 18.3 Å². The molecule has 2 bridgehead atoms. The highest BCUT2D eigenvalue weighted by Gasteiger charge is 2.48. The van der Waals surface area contributed by atoms with Crippen molar-refractivity contribution in [2.75, 3.05) is 26.2 Å². The summed E-state index contributed by atoms with van der Waals surface area (Å²) in [5, 5.41) is 14.4. The minimum Gasteiger partial charge on any atom is -0.483 e. The van der Waals surface area contributed by atoms with Gasteiger partial charge in [-0.3, -0.25) is 24.0 Å². The van der Waals surface area contributed by atoms with Crippen LogP contribution in [0.2, 0.25) is 0 Å². The zero-order valence-electron chi connectivity index (χ0n) is 19.3. The van der Waals surface area contributed by atoms with Gasteiger partial charge in [0.2, 0.25) is 5.91 Å². The predicted molar refractivity (Wildman–Crippen MR) is 120 cm³/mol. The lowest BCUT2D eigenvalue weighted by molar-refractivity contribution is -0.123. The maximum atomic E-state index is 13.3. The lowest BCUT2D eigenvalue weighted by Crippen LogP contribution is -2.66. The van der Waals surface area contributed by atoms with Crippen molar-refractivity contribution in [2.45, 2.75) is 71.0 Å². The van der Waals surface area contributed by atoms with Crippen LogP contribution < -0.4 is 5.32 Å². The molecular formula is C23H37N5O4. The van der Waals surface area contributed by atoms with Crippen molar-refractivity contribution in [3.05, 3.63) is 18.0 Å². The average molecular weight is 448 g/mol. The fraction of sp³-hybridized carbons (Fsp3) is 0.739. The van der Waals surface area contributed by atoms with E-state index in [0.29, 0.717) is 49.1 Å². The molecule has 3 fully saturated rings. The molecule has 0 aliphatic carbocycles. The molecule has 4 heterocycles. The Morgan fingerprint density at radius 3 is 2.72 bits per heavy atom. The first-order valence-corrected chi connectivity index (χ1v) is 11.9. The fourth-order valence-electron chi connectivity index (χ4n) is 5.82. The SMILES string of the molecule is CCCC(=O)NC[C@H]1[C@H]2C[C@H](CN(C(=O)c3ccnn3CC)C2)[C@@H]2CCCCN21.O=CO. The first kappa shape index (κ1) is 24.2. The van der Waals surface area contributed by atoms with E-state index in [-0.39, 0.29) is 18.3 Å². The number of hydrogen-bond acceptors (Lipinski definition) is 5. The van der Waals surface area contributed by atoms with E-state index in [1.165, 1.54) is 25.7 Å². The molecule has 3 aliphatic rings. The monoisotopic (exact) mass is 447 g/mol. The number of hydrogen-bond donors (Lipinski definition) is 2. The van der Waals surface area contributed by atoms with E-state index in [1.807, 2.05) is 19.9 Å². The quantitative estimate of drug-likeness (QED) is 0.644. The van der Waals surface area contributed by atoms with Gasteiger partial charge in [-0.2, -0.15) is 5.10 Å². The minimum absolute atomic E-state index is 0.108. The summed E-state index contributed by atoms with van der Waals surface area (Å²) in [4.78, 5) is 38.5. The van der Waals surface area contributed by atoms with Crippen molar-refractivity contribution in [2.24, 2.45) is 11.8 Å². The zero-order chi connectivity index (χ0) is 23.1. The number of piperidine rings is 3. The Morgan fingerprint density at radius 2 is 2.00 bits per heavy atom. The van der Waals surface area contributed by atoms with E-state index in [4.69, 9.17) is 9.90 Å². The molecule has 1 aromatic rings. The molecule has 0 radical (unpaired) electrons. The summed E-state index contributed by atoms with van der Waals surface area (Å²) in [5.41, 5.74) is 0.695. The zero-order valence-corrected chi connectivity index (χ0v) is 19.3.